The molecule has 0 spiro atoms. The molecule has 2 aromatic carbocycles. The predicted molar refractivity (Wildman–Crippen MR) is 112 cm³/mol. The van der Waals surface area contributed by atoms with Gasteiger partial charge in [0.2, 0.25) is 10.0 Å². The number of primary sulfonamides is 1. The van der Waals surface area contributed by atoms with E-state index in [1.165, 1.54) is 19.2 Å². The van der Waals surface area contributed by atoms with Crippen molar-refractivity contribution in [3.05, 3.63) is 77.1 Å². The molecule has 0 atom stereocenters. The molecular formula is C21H21N3O4S. The summed E-state index contributed by atoms with van der Waals surface area (Å²) in [4.78, 5) is 16.2. The standard InChI is InChI=1S/C21H21N3O4S/c1-14-11-17(13-23-18-6-4-5-16(12-18)21(25)28-3)15(2)24(14)19-7-9-20(10-8-19)29(22,26)27/h4-13H,1-3H3,(H2,22,26,27). The molecule has 3 aromatic rings. The molecule has 0 amide bonds. The summed E-state index contributed by atoms with van der Waals surface area (Å²) >= 11 is 0. The fourth-order valence-corrected chi connectivity index (χ4v) is 3.59. The molecule has 150 valence electrons. The van der Waals surface area contributed by atoms with Gasteiger partial charge in [-0.25, -0.2) is 18.4 Å². The molecule has 0 aliphatic carbocycles. The van der Waals surface area contributed by atoms with E-state index in [0.717, 1.165) is 22.6 Å². The third-order valence-electron chi connectivity index (χ3n) is 4.51. The molecule has 7 nitrogen and oxygen atoms in total. The van der Waals surface area contributed by atoms with Crippen LogP contribution in [0.2, 0.25) is 0 Å². The van der Waals surface area contributed by atoms with Gasteiger partial charge in [-0.15, -0.1) is 0 Å². The minimum atomic E-state index is -3.73. The van der Waals surface area contributed by atoms with Crippen LogP contribution in [0.15, 0.2) is 64.5 Å². The number of hydrogen-bond acceptors (Lipinski definition) is 5. The van der Waals surface area contributed by atoms with E-state index in [1.54, 1.807) is 42.6 Å². The summed E-state index contributed by atoms with van der Waals surface area (Å²) in [6.07, 6.45) is 1.73. The highest BCUT2D eigenvalue weighted by molar-refractivity contribution is 7.89. The average Bonchev–Trinajstić information content (AvgIpc) is 2.98. The Morgan fingerprint density at radius 1 is 1.10 bits per heavy atom. The Morgan fingerprint density at radius 2 is 1.79 bits per heavy atom. The summed E-state index contributed by atoms with van der Waals surface area (Å²) < 4.78 is 29.6. The quantitative estimate of drug-likeness (QED) is 0.514. The third-order valence-corrected chi connectivity index (χ3v) is 5.44. The molecule has 1 heterocycles. The molecule has 0 aliphatic heterocycles. The average molecular weight is 411 g/mol. The minimum Gasteiger partial charge on any atom is -0.465 e. The maximum absolute atomic E-state index is 11.7. The molecule has 1 aromatic heterocycles. The molecule has 3 rings (SSSR count). The number of benzene rings is 2. The van der Waals surface area contributed by atoms with Crippen LogP contribution in [0, 0.1) is 13.8 Å². The lowest BCUT2D eigenvalue weighted by molar-refractivity contribution is 0.0600. The summed E-state index contributed by atoms with van der Waals surface area (Å²) in [7, 11) is -2.40. The first-order chi connectivity index (χ1) is 13.7. The van der Waals surface area contributed by atoms with Crippen molar-refractivity contribution < 1.29 is 17.9 Å². The summed E-state index contributed by atoms with van der Waals surface area (Å²) in [5, 5.41) is 5.16. The van der Waals surface area contributed by atoms with Gasteiger partial charge in [0.15, 0.2) is 0 Å². The van der Waals surface area contributed by atoms with Crippen LogP contribution in [-0.2, 0) is 14.8 Å². The molecule has 0 radical (unpaired) electrons. The number of aromatic nitrogens is 1. The van der Waals surface area contributed by atoms with E-state index < -0.39 is 16.0 Å². The molecule has 29 heavy (non-hydrogen) atoms. The number of aliphatic imine (C=N–C) groups is 1. The Balaban J connectivity index is 1.92. The Hall–Kier alpha value is -3.23. The topological polar surface area (TPSA) is 104 Å². The van der Waals surface area contributed by atoms with Crippen LogP contribution in [0.5, 0.6) is 0 Å². The third kappa shape index (κ3) is 4.44. The van der Waals surface area contributed by atoms with Gasteiger partial charge in [0.05, 0.1) is 23.3 Å². The molecular weight excluding hydrogens is 390 g/mol. The maximum Gasteiger partial charge on any atom is 0.337 e. The zero-order valence-corrected chi connectivity index (χ0v) is 17.1. The number of methoxy groups -OCH3 is 1. The lowest BCUT2D eigenvalue weighted by Crippen LogP contribution is -2.12. The van der Waals surface area contributed by atoms with Gasteiger partial charge in [-0.1, -0.05) is 6.07 Å². The number of carbonyl (C=O) groups excluding carboxylic acids is 1. The molecule has 0 saturated carbocycles. The lowest BCUT2D eigenvalue weighted by atomic mass is 10.2. The lowest BCUT2D eigenvalue weighted by Gasteiger charge is -2.10. The molecule has 0 fully saturated rings. The van der Waals surface area contributed by atoms with Gasteiger partial charge in [-0.2, -0.15) is 0 Å². The van der Waals surface area contributed by atoms with Gasteiger partial charge in [-0.3, -0.25) is 4.99 Å². The predicted octanol–water partition coefficient (Wildman–Crippen LogP) is 3.28. The first-order valence-corrected chi connectivity index (χ1v) is 10.3. The SMILES string of the molecule is COC(=O)c1cccc(N=Cc2cc(C)n(-c3ccc(S(N)(=O)=O)cc3)c2C)c1. The second kappa shape index (κ2) is 8.02. The van der Waals surface area contributed by atoms with Gasteiger partial charge >= 0.3 is 5.97 Å². The van der Waals surface area contributed by atoms with Crippen molar-refractivity contribution in [2.75, 3.05) is 7.11 Å². The summed E-state index contributed by atoms with van der Waals surface area (Å²) in [5.74, 6) is -0.414. The molecule has 0 aliphatic rings. The second-order valence-electron chi connectivity index (χ2n) is 6.50. The van der Waals surface area contributed by atoms with E-state index in [2.05, 4.69) is 4.99 Å². The van der Waals surface area contributed by atoms with Gasteiger partial charge < -0.3 is 9.30 Å². The smallest absolute Gasteiger partial charge is 0.337 e. The Kier molecular flexibility index (Phi) is 5.67. The van der Waals surface area contributed by atoms with Crippen molar-refractivity contribution in [3.63, 3.8) is 0 Å². The van der Waals surface area contributed by atoms with Crippen molar-refractivity contribution in [1.29, 1.82) is 0 Å². The highest BCUT2D eigenvalue weighted by Gasteiger charge is 2.12. The molecule has 0 saturated heterocycles. The largest absolute Gasteiger partial charge is 0.465 e. The van der Waals surface area contributed by atoms with E-state index >= 15 is 0 Å². The van der Waals surface area contributed by atoms with Crippen molar-refractivity contribution in [2.24, 2.45) is 10.1 Å². The highest BCUT2D eigenvalue weighted by atomic mass is 32.2. The van der Waals surface area contributed by atoms with Crippen molar-refractivity contribution in [2.45, 2.75) is 18.7 Å². The fraction of sp³-hybridized carbons (Fsp3) is 0.143. The van der Waals surface area contributed by atoms with E-state index in [0.29, 0.717) is 11.3 Å². The van der Waals surface area contributed by atoms with Crippen LogP contribution >= 0.6 is 0 Å². The van der Waals surface area contributed by atoms with Crippen LogP contribution in [0.25, 0.3) is 5.69 Å². The number of nitrogens with two attached hydrogens (primary N) is 1. The number of hydrogen-bond donors (Lipinski definition) is 1. The normalized spacial score (nSPS) is 11.7. The van der Waals surface area contributed by atoms with Gasteiger partial charge in [0.1, 0.15) is 0 Å². The molecule has 2 N–H and O–H groups in total. The number of esters is 1. The van der Waals surface area contributed by atoms with Gasteiger partial charge in [-0.05, 0) is 62.4 Å². The van der Waals surface area contributed by atoms with Crippen molar-refractivity contribution in [1.82, 2.24) is 4.57 Å². The van der Waals surface area contributed by atoms with Crippen LogP contribution in [0.3, 0.4) is 0 Å². The first kappa shape index (κ1) is 20.5. The summed E-state index contributed by atoms with van der Waals surface area (Å²) in [6, 6.07) is 15.2. The van der Waals surface area contributed by atoms with Crippen molar-refractivity contribution in [3.8, 4) is 5.69 Å². The zero-order valence-electron chi connectivity index (χ0n) is 16.3. The van der Waals surface area contributed by atoms with E-state index in [1.807, 2.05) is 24.5 Å². The monoisotopic (exact) mass is 411 g/mol. The Morgan fingerprint density at radius 3 is 2.41 bits per heavy atom. The zero-order chi connectivity index (χ0) is 21.2. The first-order valence-electron chi connectivity index (χ1n) is 8.75. The van der Waals surface area contributed by atoms with E-state index in [9.17, 15) is 13.2 Å². The second-order valence-corrected chi connectivity index (χ2v) is 8.06. The molecule has 0 bridgehead atoms. The molecule has 0 unspecified atom stereocenters. The van der Waals surface area contributed by atoms with Gasteiger partial charge in [0.25, 0.3) is 0 Å². The number of rotatable bonds is 5. The summed E-state index contributed by atoms with van der Waals surface area (Å²) in [5.41, 5.74) is 4.70. The number of carbonyl (C=O) groups is 1. The number of nitrogens with zero attached hydrogens (tertiary/aromatic N) is 2. The fourth-order valence-electron chi connectivity index (χ4n) is 3.08. The van der Waals surface area contributed by atoms with Gasteiger partial charge in [0, 0.05) is 28.9 Å². The minimum absolute atomic E-state index is 0.0657. The van der Waals surface area contributed by atoms with Crippen molar-refractivity contribution >= 4 is 27.9 Å². The van der Waals surface area contributed by atoms with E-state index in [4.69, 9.17) is 9.88 Å². The van der Waals surface area contributed by atoms with Crippen LogP contribution in [0.1, 0.15) is 27.3 Å². The van der Waals surface area contributed by atoms with E-state index in [-0.39, 0.29) is 4.90 Å². The van der Waals surface area contributed by atoms with Crippen LogP contribution in [-0.4, -0.2) is 32.3 Å². The maximum atomic E-state index is 11.7. The van der Waals surface area contributed by atoms with Crippen LogP contribution < -0.4 is 5.14 Å². The summed E-state index contributed by atoms with van der Waals surface area (Å²) in [6.45, 7) is 3.91. The Labute approximate surface area is 169 Å². The van der Waals surface area contributed by atoms with Crippen LogP contribution in [0.4, 0.5) is 5.69 Å². The molecule has 8 heteroatoms. The highest BCUT2D eigenvalue weighted by Crippen LogP contribution is 2.22. The number of sulfonamides is 1. The number of ether oxygens (including phenoxy) is 1. The number of aryl methyl sites for hydroxylation is 1. The Bertz CT molecular complexity index is 1190.